The van der Waals surface area contributed by atoms with E-state index >= 15 is 0 Å². The third kappa shape index (κ3) is 3.25. The maximum Gasteiger partial charge on any atom is 0.227 e. The summed E-state index contributed by atoms with van der Waals surface area (Å²) in [6.07, 6.45) is 6.42. The standard InChI is InChI=1S/C14H18N6O/c1-10-6-11(4-5-16-10)14(21)19-12-2-3-13(17-7-12)20-9-15-8-18-20/h2-3,7-11,16H,4-6H2,1H3,(H,19,21). The van der Waals surface area contributed by atoms with E-state index in [1.54, 1.807) is 23.3 Å². The second-order valence-corrected chi connectivity index (χ2v) is 5.31. The van der Waals surface area contributed by atoms with Crippen LogP contribution < -0.4 is 10.6 Å². The van der Waals surface area contributed by atoms with Crippen molar-refractivity contribution in [2.45, 2.75) is 25.8 Å². The number of nitrogens with one attached hydrogen (secondary N) is 2. The van der Waals surface area contributed by atoms with E-state index in [2.05, 4.69) is 32.6 Å². The Kier molecular flexibility index (Phi) is 3.92. The van der Waals surface area contributed by atoms with Gasteiger partial charge in [0.2, 0.25) is 5.91 Å². The van der Waals surface area contributed by atoms with Crippen LogP contribution in [0.4, 0.5) is 5.69 Å². The van der Waals surface area contributed by atoms with Gasteiger partial charge in [-0.2, -0.15) is 5.10 Å². The second kappa shape index (κ2) is 6.01. The van der Waals surface area contributed by atoms with Crippen molar-refractivity contribution in [3.8, 4) is 5.82 Å². The van der Waals surface area contributed by atoms with Gasteiger partial charge in [-0.1, -0.05) is 0 Å². The lowest BCUT2D eigenvalue weighted by atomic mass is 9.92. The molecule has 2 N–H and O–H groups in total. The van der Waals surface area contributed by atoms with Crippen LogP contribution in [0, 0.1) is 5.92 Å². The van der Waals surface area contributed by atoms with E-state index in [-0.39, 0.29) is 11.8 Å². The minimum atomic E-state index is 0.0660. The summed E-state index contributed by atoms with van der Waals surface area (Å²) in [6, 6.07) is 4.02. The predicted octanol–water partition coefficient (Wildman–Crippen LogP) is 0.989. The van der Waals surface area contributed by atoms with Crippen LogP contribution in [-0.2, 0) is 4.79 Å². The molecule has 0 radical (unpaired) electrons. The molecule has 21 heavy (non-hydrogen) atoms. The zero-order chi connectivity index (χ0) is 14.7. The molecule has 0 spiro atoms. The summed E-state index contributed by atoms with van der Waals surface area (Å²) in [5, 5.41) is 10.3. The van der Waals surface area contributed by atoms with Crippen LogP contribution in [0.15, 0.2) is 31.0 Å². The highest BCUT2D eigenvalue weighted by Crippen LogP contribution is 2.18. The molecule has 2 aromatic heterocycles. The molecule has 3 heterocycles. The third-order valence-electron chi connectivity index (χ3n) is 3.66. The van der Waals surface area contributed by atoms with Gasteiger partial charge in [-0.25, -0.2) is 14.6 Å². The van der Waals surface area contributed by atoms with Crippen LogP contribution in [0.5, 0.6) is 0 Å². The predicted molar refractivity (Wildman–Crippen MR) is 78.0 cm³/mol. The number of nitrogens with zero attached hydrogens (tertiary/aromatic N) is 4. The fourth-order valence-electron chi connectivity index (χ4n) is 2.54. The van der Waals surface area contributed by atoms with E-state index in [4.69, 9.17) is 0 Å². The van der Waals surface area contributed by atoms with Gasteiger partial charge in [-0.3, -0.25) is 4.79 Å². The topological polar surface area (TPSA) is 84.7 Å². The maximum absolute atomic E-state index is 12.2. The van der Waals surface area contributed by atoms with Gasteiger partial charge in [-0.05, 0) is 38.4 Å². The molecule has 7 heteroatoms. The lowest BCUT2D eigenvalue weighted by molar-refractivity contribution is -0.120. The van der Waals surface area contributed by atoms with Crippen LogP contribution >= 0.6 is 0 Å². The van der Waals surface area contributed by atoms with Crippen molar-refractivity contribution >= 4 is 11.6 Å². The molecule has 7 nitrogen and oxygen atoms in total. The zero-order valence-electron chi connectivity index (χ0n) is 11.9. The first kappa shape index (κ1) is 13.7. The van der Waals surface area contributed by atoms with Crippen molar-refractivity contribution in [1.82, 2.24) is 25.1 Å². The average Bonchev–Trinajstić information content (AvgIpc) is 3.02. The van der Waals surface area contributed by atoms with E-state index in [0.29, 0.717) is 17.5 Å². The fourth-order valence-corrected chi connectivity index (χ4v) is 2.54. The molecule has 1 aliphatic rings. The van der Waals surface area contributed by atoms with E-state index in [1.807, 2.05) is 6.07 Å². The molecule has 1 aliphatic heterocycles. The maximum atomic E-state index is 12.2. The lowest BCUT2D eigenvalue weighted by Crippen LogP contribution is -2.40. The molecule has 0 aliphatic carbocycles. The highest BCUT2D eigenvalue weighted by molar-refractivity contribution is 5.92. The Bertz CT molecular complexity index is 594. The number of pyridine rings is 1. The largest absolute Gasteiger partial charge is 0.324 e. The van der Waals surface area contributed by atoms with Crippen molar-refractivity contribution in [2.75, 3.05) is 11.9 Å². The van der Waals surface area contributed by atoms with Crippen LogP contribution in [0.25, 0.3) is 5.82 Å². The summed E-state index contributed by atoms with van der Waals surface area (Å²) in [7, 11) is 0. The molecular formula is C14H18N6O. The smallest absolute Gasteiger partial charge is 0.227 e. The number of anilines is 1. The first-order valence-corrected chi connectivity index (χ1v) is 7.07. The number of piperidine rings is 1. The Balaban J connectivity index is 1.63. The van der Waals surface area contributed by atoms with Crippen molar-refractivity contribution in [3.05, 3.63) is 31.0 Å². The van der Waals surface area contributed by atoms with E-state index in [1.165, 1.54) is 6.33 Å². The highest BCUT2D eigenvalue weighted by Gasteiger charge is 2.24. The average molecular weight is 286 g/mol. The normalized spacial score (nSPS) is 22.0. The number of hydrogen-bond donors (Lipinski definition) is 2. The molecule has 1 saturated heterocycles. The number of aromatic nitrogens is 4. The molecule has 0 aromatic carbocycles. The molecular weight excluding hydrogens is 268 g/mol. The van der Waals surface area contributed by atoms with E-state index in [0.717, 1.165) is 19.4 Å². The van der Waals surface area contributed by atoms with Gasteiger partial charge < -0.3 is 10.6 Å². The van der Waals surface area contributed by atoms with Gasteiger partial charge >= 0.3 is 0 Å². The van der Waals surface area contributed by atoms with Gasteiger partial charge in [0.1, 0.15) is 12.7 Å². The summed E-state index contributed by atoms with van der Waals surface area (Å²) < 4.78 is 1.57. The van der Waals surface area contributed by atoms with Crippen molar-refractivity contribution in [3.63, 3.8) is 0 Å². The molecule has 2 aromatic rings. The summed E-state index contributed by atoms with van der Waals surface area (Å²) >= 11 is 0. The van der Waals surface area contributed by atoms with E-state index in [9.17, 15) is 4.79 Å². The fraction of sp³-hybridized carbons (Fsp3) is 0.429. The van der Waals surface area contributed by atoms with Crippen LogP contribution in [0.3, 0.4) is 0 Å². The third-order valence-corrected chi connectivity index (χ3v) is 3.66. The Labute approximate surface area is 122 Å². The minimum Gasteiger partial charge on any atom is -0.324 e. The summed E-state index contributed by atoms with van der Waals surface area (Å²) in [4.78, 5) is 20.4. The highest BCUT2D eigenvalue weighted by atomic mass is 16.1. The number of carbonyl (C=O) groups is 1. The quantitative estimate of drug-likeness (QED) is 0.879. The number of hydrogen-bond acceptors (Lipinski definition) is 5. The Morgan fingerprint density at radius 3 is 3.05 bits per heavy atom. The molecule has 110 valence electrons. The van der Waals surface area contributed by atoms with Crippen molar-refractivity contribution in [1.29, 1.82) is 0 Å². The molecule has 1 amide bonds. The number of carbonyl (C=O) groups excluding carboxylic acids is 1. The molecule has 0 saturated carbocycles. The van der Waals surface area contributed by atoms with Crippen molar-refractivity contribution < 1.29 is 4.79 Å². The molecule has 0 bridgehead atoms. The monoisotopic (exact) mass is 286 g/mol. The Morgan fingerprint density at radius 1 is 1.48 bits per heavy atom. The first-order valence-electron chi connectivity index (χ1n) is 7.07. The van der Waals surface area contributed by atoms with Crippen LogP contribution in [0.1, 0.15) is 19.8 Å². The summed E-state index contributed by atoms with van der Waals surface area (Å²) in [5.74, 6) is 0.802. The Hall–Kier alpha value is -2.28. The molecule has 1 fully saturated rings. The minimum absolute atomic E-state index is 0.0660. The van der Waals surface area contributed by atoms with Gasteiger partial charge in [0.05, 0.1) is 11.9 Å². The van der Waals surface area contributed by atoms with Crippen LogP contribution in [-0.4, -0.2) is 38.2 Å². The van der Waals surface area contributed by atoms with Gasteiger partial charge in [-0.15, -0.1) is 0 Å². The summed E-state index contributed by atoms with van der Waals surface area (Å²) in [6.45, 7) is 3.00. The lowest BCUT2D eigenvalue weighted by Gasteiger charge is -2.27. The SMILES string of the molecule is CC1CC(C(=O)Nc2ccc(-n3cncn3)nc2)CCN1. The summed E-state index contributed by atoms with van der Waals surface area (Å²) in [5.41, 5.74) is 0.704. The van der Waals surface area contributed by atoms with Crippen molar-refractivity contribution in [2.24, 2.45) is 5.92 Å². The van der Waals surface area contributed by atoms with Gasteiger partial charge in [0, 0.05) is 12.0 Å². The number of amides is 1. The second-order valence-electron chi connectivity index (χ2n) is 5.31. The molecule has 2 atom stereocenters. The van der Waals surface area contributed by atoms with E-state index < -0.39 is 0 Å². The zero-order valence-corrected chi connectivity index (χ0v) is 11.9. The number of rotatable bonds is 3. The van der Waals surface area contributed by atoms with Crippen LogP contribution in [0.2, 0.25) is 0 Å². The molecule has 3 rings (SSSR count). The first-order chi connectivity index (χ1) is 10.2. The van der Waals surface area contributed by atoms with Gasteiger partial charge in [0.25, 0.3) is 0 Å². The Morgan fingerprint density at radius 2 is 2.38 bits per heavy atom. The molecule has 2 unspecified atom stereocenters. The van der Waals surface area contributed by atoms with Gasteiger partial charge in [0.15, 0.2) is 5.82 Å².